The number of hydrogen-bond acceptors (Lipinski definition) is 13. The highest BCUT2D eigenvalue weighted by Crippen LogP contribution is 2.46. The Labute approximate surface area is 355 Å². The van der Waals surface area contributed by atoms with Crippen molar-refractivity contribution < 1.29 is 60.1 Å². The predicted molar refractivity (Wildman–Crippen MR) is 219 cm³/mol. The molecule has 7 atom stereocenters. The van der Waals surface area contributed by atoms with Crippen molar-refractivity contribution in [1.82, 2.24) is 30.2 Å². The van der Waals surface area contributed by atoms with Gasteiger partial charge in [-0.2, -0.15) is 9.97 Å². The fraction of sp³-hybridized carbons (Fsp3) is 0.707. The average molecular weight is 883 g/mol. The number of rotatable bonds is 20. The Morgan fingerprint density at radius 1 is 1.07 bits per heavy atom. The van der Waals surface area contributed by atoms with Crippen molar-refractivity contribution in [3.63, 3.8) is 0 Å². The first-order valence-electron chi connectivity index (χ1n) is 20.6. The summed E-state index contributed by atoms with van der Waals surface area (Å²) in [6.45, 7) is 9.61. The van der Waals surface area contributed by atoms with Crippen LogP contribution in [0, 0.1) is 17.8 Å². The first-order valence-corrected chi connectivity index (χ1v) is 22.1. The fourth-order valence-corrected chi connectivity index (χ4v) is 9.04. The highest BCUT2D eigenvalue weighted by atomic mass is 32.2. The van der Waals surface area contributed by atoms with Crippen LogP contribution in [0.25, 0.3) is 10.9 Å². The summed E-state index contributed by atoms with van der Waals surface area (Å²) in [6.07, 6.45) is 0.450. The number of benzene rings is 1. The van der Waals surface area contributed by atoms with E-state index >= 15 is 4.79 Å². The third kappa shape index (κ3) is 10.2. The summed E-state index contributed by atoms with van der Waals surface area (Å²) < 4.78 is 84.2. The van der Waals surface area contributed by atoms with Crippen LogP contribution in [-0.2, 0) is 33.9 Å². The molecule has 2 aromatic rings. The lowest BCUT2D eigenvalue weighted by atomic mass is 9.87. The summed E-state index contributed by atoms with van der Waals surface area (Å²) in [7, 11) is 0.266. The summed E-state index contributed by atoms with van der Waals surface area (Å²) >= 11 is 0. The number of alkyl carbamates (subject to hydrolysis) is 1. The molecular formula is C41H60F2N6O11S. The Morgan fingerprint density at radius 3 is 2.30 bits per heavy atom. The van der Waals surface area contributed by atoms with Crippen LogP contribution in [0.1, 0.15) is 93.4 Å². The van der Waals surface area contributed by atoms with Crippen molar-refractivity contribution >= 4 is 44.7 Å². The molecule has 2 saturated carbocycles. The van der Waals surface area contributed by atoms with Gasteiger partial charge in [0.05, 0.1) is 37.6 Å². The van der Waals surface area contributed by atoms with Crippen molar-refractivity contribution in [3.8, 4) is 17.6 Å². The number of carbonyl (C=O) groups is 4. The van der Waals surface area contributed by atoms with Crippen LogP contribution in [0.3, 0.4) is 0 Å². The molecule has 17 nitrogen and oxygen atoms in total. The molecule has 0 bridgehead atoms. The summed E-state index contributed by atoms with van der Waals surface area (Å²) in [4.78, 5) is 66.8. The van der Waals surface area contributed by atoms with Crippen molar-refractivity contribution in [2.45, 2.75) is 133 Å². The maximum Gasteiger partial charge on any atom is 0.408 e. The summed E-state index contributed by atoms with van der Waals surface area (Å²) in [5.74, 6) is -6.47. The smallest absolute Gasteiger partial charge is 0.408 e. The lowest BCUT2D eigenvalue weighted by Gasteiger charge is -2.35. The standard InChI is InChI=1S/C41H60F2N6O11S/c1-11-13-23(2)18-25(22-56-8)31(45-37(53)60-38(4,5)40(7,42)43)34(51)49-21-26(59-36-44-27-14-12-15-29(57-9)30(27)33(46-36)58-10)19-28(49)32(50)47-41(20-24(41)3)35(52)48-61(54,55)39(6)16-17-39/h12,14-15,23-26,28,31H,11,13,16-22H2,1-10H3,(H,45,53)(H,47,50)(H,48,52)/t23-,24-,25+,26-,28+,31+,41-/m1/s1. The lowest BCUT2D eigenvalue weighted by Crippen LogP contribution is -2.60. The van der Waals surface area contributed by atoms with Crippen LogP contribution < -0.4 is 29.6 Å². The zero-order valence-corrected chi connectivity index (χ0v) is 37.4. The Kier molecular flexibility index (Phi) is 14.0. The Morgan fingerprint density at radius 2 is 1.74 bits per heavy atom. The predicted octanol–water partition coefficient (Wildman–Crippen LogP) is 4.51. The molecule has 4 amide bonds. The molecule has 3 N–H and O–H groups in total. The Bertz CT molecular complexity index is 2080. The molecular weight excluding hydrogens is 823 g/mol. The topological polar surface area (TPSA) is 214 Å². The van der Waals surface area contributed by atoms with Gasteiger partial charge in [-0.25, -0.2) is 22.0 Å². The molecule has 61 heavy (non-hydrogen) atoms. The van der Waals surface area contributed by atoms with Crippen molar-refractivity contribution in [1.29, 1.82) is 0 Å². The van der Waals surface area contributed by atoms with E-state index in [1.165, 1.54) is 33.2 Å². The number of carbonyl (C=O) groups excluding carboxylic acids is 4. The fourth-order valence-electron chi connectivity index (χ4n) is 7.73. The minimum atomic E-state index is -4.05. The van der Waals surface area contributed by atoms with Gasteiger partial charge in [0.2, 0.25) is 27.7 Å². The highest BCUT2D eigenvalue weighted by Gasteiger charge is 2.62. The zero-order valence-electron chi connectivity index (χ0n) is 36.6. The molecule has 1 aliphatic heterocycles. The minimum absolute atomic E-state index is 0.0333. The van der Waals surface area contributed by atoms with E-state index in [2.05, 4.69) is 25.3 Å². The number of sulfonamides is 1. The van der Waals surface area contributed by atoms with Crippen LogP contribution in [0.15, 0.2) is 18.2 Å². The van der Waals surface area contributed by atoms with E-state index < -0.39 is 85.7 Å². The van der Waals surface area contributed by atoms with Gasteiger partial charge in [0.25, 0.3) is 11.8 Å². The van der Waals surface area contributed by atoms with Crippen LogP contribution in [0.4, 0.5) is 13.6 Å². The number of amides is 4. The molecule has 340 valence electrons. The quantitative estimate of drug-likeness (QED) is 0.167. The molecule has 1 aromatic carbocycles. The van der Waals surface area contributed by atoms with E-state index in [0.29, 0.717) is 42.8 Å². The number of nitrogens with zero attached hydrogens (tertiary/aromatic N) is 3. The first kappa shape index (κ1) is 47.5. The molecule has 1 saturated heterocycles. The third-order valence-corrected chi connectivity index (χ3v) is 14.5. The summed E-state index contributed by atoms with van der Waals surface area (Å²) in [5.41, 5.74) is -3.44. The molecule has 5 rings (SSSR count). The van der Waals surface area contributed by atoms with Gasteiger partial charge in [-0.1, -0.05) is 39.7 Å². The van der Waals surface area contributed by atoms with Gasteiger partial charge in [0, 0.05) is 26.4 Å². The van der Waals surface area contributed by atoms with E-state index in [1.54, 1.807) is 25.1 Å². The van der Waals surface area contributed by atoms with Gasteiger partial charge in [0.15, 0.2) is 5.60 Å². The summed E-state index contributed by atoms with van der Waals surface area (Å²) in [6, 6.07) is 2.18. The van der Waals surface area contributed by atoms with E-state index in [-0.39, 0.29) is 43.8 Å². The van der Waals surface area contributed by atoms with E-state index in [1.807, 2.05) is 13.8 Å². The second-order valence-electron chi connectivity index (χ2n) is 17.6. The molecule has 20 heteroatoms. The SMILES string of the molecule is CCC[C@@H](C)C[C@@H](COC)[C@H](NC(=O)OC(C)(C)C(C)(F)F)C(=O)N1C[C@H](Oc2nc(OC)c3c(OC)cccc3n2)C[C@H]1C(=O)N[C@]1(C(=O)NS(=O)(=O)C2(C)CC2)C[C@H]1C. The van der Waals surface area contributed by atoms with Crippen molar-refractivity contribution in [2.24, 2.45) is 17.8 Å². The number of methoxy groups -OCH3 is 3. The van der Waals surface area contributed by atoms with Crippen LogP contribution in [-0.4, -0.2) is 122 Å². The number of nitrogens with one attached hydrogen (secondary N) is 3. The van der Waals surface area contributed by atoms with Crippen LogP contribution in [0.5, 0.6) is 17.6 Å². The number of fused-ring (bicyclic) bond motifs is 1. The maximum absolute atomic E-state index is 15.0. The number of alkyl halides is 2. The molecule has 2 aliphatic carbocycles. The molecule has 0 unspecified atom stereocenters. The van der Waals surface area contributed by atoms with Gasteiger partial charge in [-0.15, -0.1) is 0 Å². The van der Waals surface area contributed by atoms with Crippen molar-refractivity contribution in [3.05, 3.63) is 18.2 Å². The molecule has 2 heterocycles. The molecule has 0 spiro atoms. The molecule has 0 radical (unpaired) electrons. The third-order valence-electron chi connectivity index (χ3n) is 12.3. The first-order chi connectivity index (χ1) is 28.5. The molecule has 3 fully saturated rings. The van der Waals surface area contributed by atoms with Gasteiger partial charge in [-0.3, -0.25) is 19.1 Å². The van der Waals surface area contributed by atoms with E-state index in [9.17, 15) is 31.6 Å². The van der Waals surface area contributed by atoms with Crippen LogP contribution in [0.2, 0.25) is 0 Å². The van der Waals surface area contributed by atoms with Gasteiger partial charge >= 0.3 is 12.1 Å². The number of aromatic nitrogens is 2. The van der Waals surface area contributed by atoms with Crippen molar-refractivity contribution in [2.75, 3.05) is 34.5 Å². The van der Waals surface area contributed by atoms with E-state index in [0.717, 1.165) is 26.7 Å². The maximum atomic E-state index is 15.0. The zero-order chi connectivity index (χ0) is 45.3. The lowest BCUT2D eigenvalue weighted by molar-refractivity contribution is -0.152. The van der Waals surface area contributed by atoms with E-state index in [4.69, 9.17) is 23.7 Å². The molecule has 1 aromatic heterocycles. The van der Waals surface area contributed by atoms with Crippen LogP contribution >= 0.6 is 0 Å². The summed E-state index contributed by atoms with van der Waals surface area (Å²) in [5, 5.41) is 5.77. The molecule has 3 aliphatic rings. The number of likely N-dealkylation sites (tertiary alicyclic amines) is 1. The van der Waals surface area contributed by atoms with Gasteiger partial charge in [0.1, 0.15) is 34.9 Å². The minimum Gasteiger partial charge on any atom is -0.496 e. The normalized spacial score (nSPS) is 23.6. The largest absolute Gasteiger partial charge is 0.496 e. The monoisotopic (exact) mass is 882 g/mol. The number of halogens is 2. The average Bonchev–Trinajstić information content (AvgIpc) is 4.04. The Balaban J connectivity index is 1.51. The number of hydrogen-bond donors (Lipinski definition) is 3. The van der Waals surface area contributed by atoms with Gasteiger partial charge < -0.3 is 39.2 Å². The highest BCUT2D eigenvalue weighted by molar-refractivity contribution is 7.91. The second-order valence-corrected chi connectivity index (χ2v) is 19.8. The van der Waals surface area contributed by atoms with Gasteiger partial charge in [-0.05, 0) is 70.4 Å². The Hall–Kier alpha value is -4.59. The number of ether oxygens (including phenoxy) is 5. The second kappa shape index (κ2) is 18.0.